The van der Waals surface area contributed by atoms with Crippen molar-refractivity contribution in [3.05, 3.63) is 29.8 Å². The number of nitrogens with zero attached hydrogens (tertiary/aromatic N) is 1. The van der Waals surface area contributed by atoms with Crippen LogP contribution in [-0.4, -0.2) is 25.3 Å². The van der Waals surface area contributed by atoms with Gasteiger partial charge in [0.15, 0.2) is 0 Å². The van der Waals surface area contributed by atoms with Gasteiger partial charge in [-0.25, -0.2) is 8.42 Å². The van der Waals surface area contributed by atoms with Crippen LogP contribution in [0.4, 0.5) is 0 Å². The van der Waals surface area contributed by atoms with Crippen LogP contribution in [-0.2, 0) is 10.0 Å². The zero-order valence-electron chi connectivity index (χ0n) is 13.7. The number of benzene rings is 1. The van der Waals surface area contributed by atoms with Gasteiger partial charge in [-0.1, -0.05) is 45.4 Å². The zero-order valence-corrected chi connectivity index (χ0v) is 14.5. The summed E-state index contributed by atoms with van der Waals surface area (Å²) in [4.78, 5) is 0.409. The van der Waals surface area contributed by atoms with E-state index in [2.05, 4.69) is 0 Å². The molecule has 4 heteroatoms. The van der Waals surface area contributed by atoms with Crippen molar-refractivity contribution < 1.29 is 8.42 Å². The van der Waals surface area contributed by atoms with E-state index in [4.69, 9.17) is 0 Å². The van der Waals surface area contributed by atoms with E-state index < -0.39 is 10.0 Å². The van der Waals surface area contributed by atoms with Crippen molar-refractivity contribution in [1.29, 1.82) is 0 Å². The van der Waals surface area contributed by atoms with Crippen LogP contribution in [0.3, 0.4) is 0 Å². The Morgan fingerprint density at radius 2 is 1.55 bits per heavy atom. The van der Waals surface area contributed by atoms with E-state index in [0.717, 1.165) is 18.4 Å². The van der Waals surface area contributed by atoms with E-state index in [1.54, 1.807) is 16.4 Å². The van der Waals surface area contributed by atoms with Gasteiger partial charge in [-0.3, -0.25) is 0 Å². The molecule has 0 amide bonds. The van der Waals surface area contributed by atoms with E-state index in [1.165, 1.54) is 0 Å². The molecule has 0 aromatic heterocycles. The third kappa shape index (κ3) is 4.60. The number of sulfonamides is 1. The Balaban J connectivity index is 0.000000829. The lowest BCUT2D eigenvalue weighted by Crippen LogP contribution is -2.33. The first-order valence-corrected chi connectivity index (χ1v) is 9.04. The molecule has 116 valence electrons. The number of hydrogen-bond donors (Lipinski definition) is 0. The number of hydrogen-bond acceptors (Lipinski definition) is 2. The lowest BCUT2D eigenvalue weighted by Gasteiger charge is -2.20. The molecule has 1 aliphatic heterocycles. The maximum absolute atomic E-state index is 12.3. The summed E-state index contributed by atoms with van der Waals surface area (Å²) in [6.45, 7) is 12.6. The fourth-order valence-corrected chi connectivity index (χ4v) is 3.81. The minimum Gasteiger partial charge on any atom is -0.207 e. The van der Waals surface area contributed by atoms with Crippen molar-refractivity contribution in [3.63, 3.8) is 0 Å². The number of rotatable bonds is 2. The van der Waals surface area contributed by atoms with Crippen molar-refractivity contribution in [2.75, 3.05) is 6.54 Å². The lowest BCUT2D eigenvalue weighted by atomic mass is 10.2. The van der Waals surface area contributed by atoms with Gasteiger partial charge in [-0.2, -0.15) is 4.31 Å². The van der Waals surface area contributed by atoms with E-state index in [-0.39, 0.29) is 6.04 Å². The van der Waals surface area contributed by atoms with E-state index >= 15 is 0 Å². The first-order valence-electron chi connectivity index (χ1n) is 7.60. The van der Waals surface area contributed by atoms with Gasteiger partial charge in [0.05, 0.1) is 4.90 Å². The molecule has 0 aliphatic carbocycles. The number of aryl methyl sites for hydroxylation is 1. The molecule has 0 bridgehead atoms. The smallest absolute Gasteiger partial charge is 0.207 e. The van der Waals surface area contributed by atoms with Gasteiger partial charge < -0.3 is 0 Å². The SMILES string of the molecule is CC.CC.Cc1ccc(S(=O)(=O)N2CCC[C@H]2C)cc1. The van der Waals surface area contributed by atoms with Gasteiger partial charge in [0.2, 0.25) is 10.0 Å². The molecule has 1 saturated heterocycles. The van der Waals surface area contributed by atoms with Crippen LogP contribution in [0.15, 0.2) is 29.2 Å². The maximum atomic E-state index is 12.3. The summed E-state index contributed by atoms with van der Waals surface area (Å²) < 4.78 is 26.2. The Kier molecular flexibility index (Phi) is 8.74. The Labute approximate surface area is 125 Å². The minimum absolute atomic E-state index is 0.131. The van der Waals surface area contributed by atoms with Gasteiger partial charge in [0.25, 0.3) is 0 Å². The highest BCUT2D eigenvalue weighted by Gasteiger charge is 2.32. The van der Waals surface area contributed by atoms with Crippen molar-refractivity contribution in [2.45, 2.75) is 65.3 Å². The first kappa shape index (κ1) is 19.1. The van der Waals surface area contributed by atoms with Crippen LogP contribution in [0.5, 0.6) is 0 Å². The molecule has 0 radical (unpaired) electrons. The fourth-order valence-electron chi connectivity index (χ4n) is 2.11. The summed E-state index contributed by atoms with van der Waals surface area (Å²) in [5, 5.41) is 0. The van der Waals surface area contributed by atoms with Crippen molar-refractivity contribution in [3.8, 4) is 0 Å². The molecule has 2 rings (SSSR count). The minimum atomic E-state index is -3.27. The monoisotopic (exact) mass is 299 g/mol. The van der Waals surface area contributed by atoms with E-state index in [9.17, 15) is 8.42 Å². The lowest BCUT2D eigenvalue weighted by molar-refractivity contribution is 0.408. The molecule has 1 fully saturated rings. The zero-order chi connectivity index (χ0) is 15.8. The summed E-state index contributed by atoms with van der Waals surface area (Å²) >= 11 is 0. The molecule has 1 aromatic rings. The fraction of sp³-hybridized carbons (Fsp3) is 0.625. The molecule has 0 saturated carbocycles. The van der Waals surface area contributed by atoms with Crippen LogP contribution in [0.25, 0.3) is 0 Å². The van der Waals surface area contributed by atoms with Gasteiger partial charge in [-0.15, -0.1) is 0 Å². The Morgan fingerprint density at radius 1 is 1.05 bits per heavy atom. The molecule has 1 aromatic carbocycles. The highest BCUT2D eigenvalue weighted by Crippen LogP contribution is 2.25. The van der Waals surface area contributed by atoms with Crippen LogP contribution in [0.2, 0.25) is 0 Å². The summed E-state index contributed by atoms with van der Waals surface area (Å²) in [7, 11) is -3.27. The molecular weight excluding hydrogens is 270 g/mol. The Bertz CT molecular complexity index is 466. The predicted molar refractivity (Wildman–Crippen MR) is 86.5 cm³/mol. The van der Waals surface area contributed by atoms with Crippen LogP contribution in [0.1, 0.15) is 53.0 Å². The normalized spacial score (nSPS) is 18.6. The topological polar surface area (TPSA) is 37.4 Å². The second-order valence-electron chi connectivity index (χ2n) is 4.42. The molecule has 20 heavy (non-hydrogen) atoms. The van der Waals surface area contributed by atoms with Gasteiger partial charge in [-0.05, 0) is 38.8 Å². The molecule has 1 atom stereocenters. The maximum Gasteiger partial charge on any atom is 0.243 e. The molecule has 3 nitrogen and oxygen atoms in total. The van der Waals surface area contributed by atoms with Gasteiger partial charge in [0.1, 0.15) is 0 Å². The largest absolute Gasteiger partial charge is 0.243 e. The molecule has 0 spiro atoms. The molecular formula is C16H29NO2S. The Morgan fingerprint density at radius 3 is 1.95 bits per heavy atom. The highest BCUT2D eigenvalue weighted by molar-refractivity contribution is 7.89. The summed E-state index contributed by atoms with van der Waals surface area (Å²) in [6.07, 6.45) is 1.93. The van der Waals surface area contributed by atoms with Crippen molar-refractivity contribution >= 4 is 10.0 Å². The van der Waals surface area contributed by atoms with Crippen LogP contribution >= 0.6 is 0 Å². The standard InChI is InChI=1S/C12H17NO2S.2C2H6/c1-10-5-7-12(8-6-10)16(14,15)13-9-3-4-11(13)2;2*1-2/h5-8,11H,3-4,9H2,1-2H3;2*1-2H3/t11-;;/m1../s1. The molecule has 1 aliphatic rings. The van der Waals surface area contributed by atoms with Crippen LogP contribution in [0, 0.1) is 6.92 Å². The third-order valence-electron chi connectivity index (χ3n) is 3.12. The Hall–Kier alpha value is -0.870. The third-order valence-corrected chi connectivity index (χ3v) is 5.15. The summed E-state index contributed by atoms with van der Waals surface area (Å²) in [5.41, 5.74) is 1.08. The molecule has 1 heterocycles. The summed E-state index contributed by atoms with van der Waals surface area (Å²) in [6, 6.07) is 7.19. The average molecular weight is 299 g/mol. The highest BCUT2D eigenvalue weighted by atomic mass is 32.2. The predicted octanol–water partition coefficient (Wildman–Crippen LogP) is 4.22. The average Bonchev–Trinajstić information content (AvgIpc) is 2.91. The van der Waals surface area contributed by atoms with E-state index in [1.807, 2.05) is 53.7 Å². The molecule has 0 N–H and O–H groups in total. The molecule has 0 unspecified atom stereocenters. The summed E-state index contributed by atoms with van der Waals surface area (Å²) in [5.74, 6) is 0. The van der Waals surface area contributed by atoms with Crippen molar-refractivity contribution in [1.82, 2.24) is 4.31 Å². The van der Waals surface area contributed by atoms with E-state index in [0.29, 0.717) is 11.4 Å². The second-order valence-corrected chi connectivity index (χ2v) is 6.31. The first-order chi connectivity index (χ1) is 9.51. The van der Waals surface area contributed by atoms with Gasteiger partial charge >= 0.3 is 0 Å². The van der Waals surface area contributed by atoms with Crippen LogP contribution < -0.4 is 0 Å². The van der Waals surface area contributed by atoms with Crippen molar-refractivity contribution in [2.24, 2.45) is 0 Å². The van der Waals surface area contributed by atoms with Gasteiger partial charge in [0, 0.05) is 12.6 Å². The second kappa shape index (κ2) is 9.14. The quantitative estimate of drug-likeness (QED) is 0.820.